The summed E-state index contributed by atoms with van der Waals surface area (Å²) < 4.78 is 5.18. The van der Waals surface area contributed by atoms with E-state index < -0.39 is 0 Å². The molecular formula is C15H21NO2S. The molecule has 0 aliphatic heterocycles. The van der Waals surface area contributed by atoms with Crippen molar-refractivity contribution in [2.45, 2.75) is 25.7 Å². The monoisotopic (exact) mass is 279 g/mol. The van der Waals surface area contributed by atoms with Crippen LogP contribution in [-0.4, -0.2) is 25.3 Å². The molecule has 0 heterocycles. The van der Waals surface area contributed by atoms with Crippen molar-refractivity contribution in [2.24, 2.45) is 5.41 Å². The molecule has 1 aromatic carbocycles. The average Bonchev–Trinajstić information content (AvgIpc) is 3.19. The van der Waals surface area contributed by atoms with Crippen molar-refractivity contribution >= 4 is 18.5 Å². The summed E-state index contributed by atoms with van der Waals surface area (Å²) >= 11 is 4.31. The lowest BCUT2D eigenvalue weighted by Gasteiger charge is -2.11. The van der Waals surface area contributed by atoms with Gasteiger partial charge in [0.25, 0.3) is 0 Å². The molecule has 1 aliphatic carbocycles. The summed E-state index contributed by atoms with van der Waals surface area (Å²) in [7, 11) is 1.66. The van der Waals surface area contributed by atoms with E-state index in [9.17, 15) is 4.79 Å². The van der Waals surface area contributed by atoms with E-state index in [1.54, 1.807) is 7.11 Å². The summed E-state index contributed by atoms with van der Waals surface area (Å²) in [6.07, 6.45) is 3.73. The second-order valence-electron chi connectivity index (χ2n) is 5.29. The lowest BCUT2D eigenvalue weighted by atomic mass is 10.1. The first kappa shape index (κ1) is 14.3. The number of ether oxygens (including phenoxy) is 1. The summed E-state index contributed by atoms with van der Waals surface area (Å²) in [5, 5.41) is 2.99. The summed E-state index contributed by atoms with van der Waals surface area (Å²) in [5.74, 6) is 1.82. The Morgan fingerprint density at radius 2 is 2.26 bits per heavy atom. The first-order valence-corrected chi connectivity index (χ1v) is 7.31. The average molecular weight is 279 g/mol. The van der Waals surface area contributed by atoms with E-state index in [0.717, 1.165) is 30.8 Å². The normalized spacial score (nSPS) is 15.9. The van der Waals surface area contributed by atoms with Crippen LogP contribution in [0, 0.1) is 5.41 Å². The molecule has 1 N–H and O–H groups in total. The van der Waals surface area contributed by atoms with Crippen LogP contribution in [-0.2, 0) is 11.2 Å². The standard InChI is InChI=1S/C15H21NO2S/c1-18-13-4-2-3-12(9-13)5-8-16-14(17)10-15(11-19)6-7-15/h2-4,9,19H,5-8,10-11H2,1H3,(H,16,17). The van der Waals surface area contributed by atoms with E-state index in [2.05, 4.69) is 17.9 Å². The number of hydrogen-bond donors (Lipinski definition) is 2. The number of amides is 1. The Labute approximate surface area is 120 Å². The molecule has 4 heteroatoms. The van der Waals surface area contributed by atoms with Gasteiger partial charge in [-0.1, -0.05) is 12.1 Å². The number of hydrogen-bond acceptors (Lipinski definition) is 3. The molecule has 2 rings (SSSR count). The molecular weight excluding hydrogens is 258 g/mol. The topological polar surface area (TPSA) is 38.3 Å². The van der Waals surface area contributed by atoms with Crippen LogP contribution >= 0.6 is 12.6 Å². The Morgan fingerprint density at radius 1 is 1.47 bits per heavy atom. The van der Waals surface area contributed by atoms with Crippen molar-refractivity contribution < 1.29 is 9.53 Å². The zero-order chi connectivity index (χ0) is 13.7. The third-order valence-electron chi connectivity index (χ3n) is 3.70. The lowest BCUT2D eigenvalue weighted by molar-refractivity contribution is -0.122. The maximum atomic E-state index is 11.8. The Kier molecular flexibility index (Phi) is 4.75. The molecule has 0 saturated heterocycles. The maximum Gasteiger partial charge on any atom is 0.220 e. The lowest BCUT2D eigenvalue weighted by Crippen LogP contribution is -2.28. The molecule has 0 unspecified atom stereocenters. The van der Waals surface area contributed by atoms with Crippen LogP contribution in [0.4, 0.5) is 0 Å². The highest BCUT2D eigenvalue weighted by atomic mass is 32.1. The van der Waals surface area contributed by atoms with Crippen LogP contribution in [0.3, 0.4) is 0 Å². The number of methoxy groups -OCH3 is 1. The first-order valence-electron chi connectivity index (χ1n) is 6.68. The molecule has 0 bridgehead atoms. The quantitative estimate of drug-likeness (QED) is 0.753. The summed E-state index contributed by atoms with van der Waals surface area (Å²) in [4.78, 5) is 11.8. The van der Waals surface area contributed by atoms with Crippen molar-refractivity contribution in [1.82, 2.24) is 5.32 Å². The number of carbonyl (C=O) groups is 1. The van der Waals surface area contributed by atoms with Gasteiger partial charge < -0.3 is 10.1 Å². The number of carbonyl (C=O) groups excluding carboxylic acids is 1. The Hall–Kier alpha value is -1.16. The van der Waals surface area contributed by atoms with E-state index in [0.29, 0.717) is 13.0 Å². The summed E-state index contributed by atoms with van der Waals surface area (Å²) in [5.41, 5.74) is 1.37. The molecule has 0 atom stereocenters. The second kappa shape index (κ2) is 6.33. The molecule has 3 nitrogen and oxygen atoms in total. The highest BCUT2D eigenvalue weighted by Gasteiger charge is 2.42. The number of nitrogens with one attached hydrogen (secondary N) is 1. The zero-order valence-corrected chi connectivity index (χ0v) is 12.2. The van der Waals surface area contributed by atoms with E-state index >= 15 is 0 Å². The SMILES string of the molecule is COc1cccc(CCNC(=O)CC2(CS)CC2)c1. The minimum Gasteiger partial charge on any atom is -0.497 e. The molecule has 0 radical (unpaired) electrons. The van der Waals surface area contributed by atoms with E-state index in [1.807, 2.05) is 24.3 Å². The highest BCUT2D eigenvalue weighted by Crippen LogP contribution is 2.49. The fraction of sp³-hybridized carbons (Fsp3) is 0.533. The third kappa shape index (κ3) is 4.16. The van der Waals surface area contributed by atoms with Gasteiger partial charge in [-0.15, -0.1) is 0 Å². The van der Waals surface area contributed by atoms with Gasteiger partial charge >= 0.3 is 0 Å². The smallest absolute Gasteiger partial charge is 0.220 e. The van der Waals surface area contributed by atoms with Crippen LogP contribution < -0.4 is 10.1 Å². The van der Waals surface area contributed by atoms with Crippen molar-refractivity contribution in [1.29, 1.82) is 0 Å². The molecule has 1 aromatic rings. The van der Waals surface area contributed by atoms with Gasteiger partial charge in [-0.25, -0.2) is 0 Å². The number of rotatable bonds is 7. The van der Waals surface area contributed by atoms with Crippen LogP contribution in [0.1, 0.15) is 24.8 Å². The van der Waals surface area contributed by atoms with Gasteiger partial charge in [0.2, 0.25) is 5.91 Å². The molecule has 104 valence electrons. The molecule has 1 fully saturated rings. The fourth-order valence-electron chi connectivity index (χ4n) is 2.14. The largest absolute Gasteiger partial charge is 0.497 e. The van der Waals surface area contributed by atoms with E-state index in [-0.39, 0.29) is 11.3 Å². The molecule has 1 saturated carbocycles. The van der Waals surface area contributed by atoms with Gasteiger partial charge in [0.15, 0.2) is 0 Å². The minimum atomic E-state index is 0.148. The van der Waals surface area contributed by atoms with Gasteiger partial charge in [0.1, 0.15) is 5.75 Å². The van der Waals surface area contributed by atoms with Gasteiger partial charge in [0, 0.05) is 13.0 Å². The maximum absolute atomic E-state index is 11.8. The van der Waals surface area contributed by atoms with Crippen molar-refractivity contribution in [2.75, 3.05) is 19.4 Å². The molecule has 1 aliphatic rings. The fourth-order valence-corrected chi connectivity index (χ4v) is 2.57. The van der Waals surface area contributed by atoms with Crippen molar-refractivity contribution in [3.8, 4) is 5.75 Å². The highest BCUT2D eigenvalue weighted by molar-refractivity contribution is 7.80. The van der Waals surface area contributed by atoms with Crippen LogP contribution in [0.15, 0.2) is 24.3 Å². The molecule has 1 amide bonds. The van der Waals surface area contributed by atoms with Crippen molar-refractivity contribution in [3.63, 3.8) is 0 Å². The van der Waals surface area contributed by atoms with Crippen LogP contribution in [0.5, 0.6) is 5.75 Å². The van der Waals surface area contributed by atoms with E-state index in [1.165, 1.54) is 5.56 Å². The van der Waals surface area contributed by atoms with Crippen LogP contribution in [0.2, 0.25) is 0 Å². The zero-order valence-electron chi connectivity index (χ0n) is 11.3. The predicted molar refractivity (Wildman–Crippen MR) is 79.8 cm³/mol. The van der Waals surface area contributed by atoms with Crippen molar-refractivity contribution in [3.05, 3.63) is 29.8 Å². The Morgan fingerprint density at radius 3 is 2.89 bits per heavy atom. The minimum absolute atomic E-state index is 0.148. The van der Waals surface area contributed by atoms with Gasteiger partial charge in [-0.3, -0.25) is 4.79 Å². The molecule has 0 spiro atoms. The second-order valence-corrected chi connectivity index (χ2v) is 5.60. The first-order chi connectivity index (χ1) is 9.17. The summed E-state index contributed by atoms with van der Waals surface area (Å²) in [6, 6.07) is 7.94. The Bertz CT molecular complexity index is 444. The van der Waals surface area contributed by atoms with Gasteiger partial charge in [-0.05, 0) is 48.1 Å². The Balaban J connectivity index is 1.72. The number of benzene rings is 1. The molecule has 0 aromatic heterocycles. The van der Waals surface area contributed by atoms with Crippen LogP contribution in [0.25, 0.3) is 0 Å². The number of thiol groups is 1. The summed E-state index contributed by atoms with van der Waals surface area (Å²) in [6.45, 7) is 0.675. The molecule has 19 heavy (non-hydrogen) atoms. The van der Waals surface area contributed by atoms with Gasteiger partial charge in [-0.2, -0.15) is 12.6 Å². The predicted octanol–water partition coefficient (Wildman–Crippen LogP) is 2.45. The third-order valence-corrected chi connectivity index (χ3v) is 4.37. The van der Waals surface area contributed by atoms with E-state index in [4.69, 9.17) is 4.74 Å². The van der Waals surface area contributed by atoms with Gasteiger partial charge in [0.05, 0.1) is 7.11 Å².